The highest BCUT2D eigenvalue weighted by Gasteiger charge is 2.31. The summed E-state index contributed by atoms with van der Waals surface area (Å²) in [6, 6.07) is 5.40. The highest BCUT2D eigenvalue weighted by atomic mass is 35.5. The molecule has 1 aromatic carbocycles. The van der Waals surface area contributed by atoms with Gasteiger partial charge in [-0.2, -0.15) is 5.10 Å². The van der Waals surface area contributed by atoms with Gasteiger partial charge in [-0.1, -0.05) is 42.3 Å². The average molecular weight is 435 g/mol. The molecule has 0 spiro atoms. The number of aromatic amines is 1. The number of H-pyrrole nitrogens is 1. The number of carbonyl (C=O) groups is 1. The van der Waals surface area contributed by atoms with Gasteiger partial charge in [0, 0.05) is 25.2 Å². The fourth-order valence-corrected chi connectivity index (χ4v) is 3.96. The van der Waals surface area contributed by atoms with Crippen LogP contribution in [0.3, 0.4) is 0 Å². The second-order valence-electron chi connectivity index (χ2n) is 7.56. The van der Waals surface area contributed by atoms with Gasteiger partial charge in [0.05, 0.1) is 21.9 Å². The molecule has 29 heavy (non-hydrogen) atoms. The molecule has 0 bridgehead atoms. The molecule has 1 aliphatic heterocycles. The molecular formula is C19H20Cl2N6O2. The zero-order valence-corrected chi connectivity index (χ0v) is 17.3. The van der Waals surface area contributed by atoms with E-state index in [4.69, 9.17) is 28.3 Å². The predicted molar refractivity (Wildman–Crippen MR) is 113 cm³/mol. The van der Waals surface area contributed by atoms with E-state index in [2.05, 4.69) is 37.3 Å². The van der Waals surface area contributed by atoms with E-state index in [0.717, 1.165) is 37.3 Å². The number of amides is 1. The molecule has 0 saturated carbocycles. The fraction of sp³-hybridized carbons (Fsp3) is 0.368. The van der Waals surface area contributed by atoms with Crippen molar-refractivity contribution in [2.75, 3.05) is 24.5 Å². The van der Waals surface area contributed by atoms with Gasteiger partial charge in [-0.25, -0.2) is 14.8 Å². The van der Waals surface area contributed by atoms with E-state index in [1.165, 1.54) is 0 Å². The highest BCUT2D eigenvalue weighted by Crippen LogP contribution is 2.36. The van der Waals surface area contributed by atoms with Crippen molar-refractivity contribution in [2.45, 2.75) is 19.8 Å². The van der Waals surface area contributed by atoms with E-state index in [9.17, 15) is 4.79 Å². The molecule has 3 N–H and O–H groups in total. The van der Waals surface area contributed by atoms with Crippen LogP contribution in [0.15, 0.2) is 24.4 Å². The highest BCUT2D eigenvalue weighted by molar-refractivity contribution is 6.43. The van der Waals surface area contributed by atoms with E-state index in [1.807, 2.05) is 12.1 Å². The lowest BCUT2D eigenvalue weighted by molar-refractivity contribution is 0.178. The molecule has 0 aliphatic carbocycles. The summed E-state index contributed by atoms with van der Waals surface area (Å²) in [6.07, 6.45) is 2.46. The number of anilines is 1. The lowest BCUT2D eigenvalue weighted by atomic mass is 9.80. The Bertz CT molecular complexity index is 1060. The summed E-state index contributed by atoms with van der Waals surface area (Å²) in [5.74, 6) is 0.751. The molecule has 3 heterocycles. The molecule has 3 aromatic rings. The largest absolute Gasteiger partial charge is 0.465 e. The first-order valence-corrected chi connectivity index (χ1v) is 9.99. The van der Waals surface area contributed by atoms with E-state index in [0.29, 0.717) is 33.4 Å². The van der Waals surface area contributed by atoms with E-state index < -0.39 is 6.09 Å². The van der Waals surface area contributed by atoms with Crippen LogP contribution in [0.4, 0.5) is 10.6 Å². The van der Waals surface area contributed by atoms with Crippen LogP contribution in [0.2, 0.25) is 10.0 Å². The number of piperidine rings is 1. The average Bonchev–Trinajstić information content (AvgIpc) is 3.12. The molecule has 8 nitrogen and oxygen atoms in total. The number of hydrogen-bond acceptors (Lipinski definition) is 5. The lowest BCUT2D eigenvalue weighted by Crippen LogP contribution is -2.44. The van der Waals surface area contributed by atoms with Crippen molar-refractivity contribution in [3.8, 4) is 11.3 Å². The molecule has 2 aromatic heterocycles. The van der Waals surface area contributed by atoms with Gasteiger partial charge >= 0.3 is 6.09 Å². The van der Waals surface area contributed by atoms with Gasteiger partial charge < -0.3 is 15.3 Å². The second-order valence-corrected chi connectivity index (χ2v) is 8.34. The summed E-state index contributed by atoms with van der Waals surface area (Å²) >= 11 is 12.5. The molecule has 1 saturated heterocycles. The standard InChI is InChI=1S/C19H20Cl2N6O2/c1-19(10-23-18(28)29)5-7-27(8-6-19)13-9-22-16-15(25-26-17(16)24-13)11-3-2-4-12(20)14(11)21/h2-4,9,23H,5-8,10H2,1H3,(H,28,29)(H,24,25,26). The quantitative estimate of drug-likeness (QED) is 0.567. The van der Waals surface area contributed by atoms with Gasteiger partial charge in [-0.3, -0.25) is 5.10 Å². The normalized spacial score (nSPS) is 16.2. The van der Waals surface area contributed by atoms with Crippen LogP contribution in [-0.2, 0) is 0 Å². The van der Waals surface area contributed by atoms with Gasteiger partial charge in [0.25, 0.3) is 0 Å². The number of nitrogens with one attached hydrogen (secondary N) is 2. The molecule has 0 radical (unpaired) electrons. The Hall–Kier alpha value is -2.58. The first-order chi connectivity index (χ1) is 13.9. The van der Waals surface area contributed by atoms with Crippen LogP contribution in [-0.4, -0.2) is 51.0 Å². The molecule has 152 valence electrons. The molecule has 1 fully saturated rings. The van der Waals surface area contributed by atoms with Gasteiger partial charge in [0.1, 0.15) is 11.3 Å². The minimum atomic E-state index is -0.987. The zero-order chi connectivity index (χ0) is 20.6. The number of carboxylic acid groups (broad SMARTS) is 1. The van der Waals surface area contributed by atoms with Gasteiger partial charge in [-0.15, -0.1) is 0 Å². The predicted octanol–water partition coefficient (Wildman–Crippen LogP) is 4.20. The van der Waals surface area contributed by atoms with Crippen LogP contribution in [0.5, 0.6) is 0 Å². The van der Waals surface area contributed by atoms with E-state index >= 15 is 0 Å². The molecule has 1 aliphatic rings. The maximum absolute atomic E-state index is 10.8. The van der Waals surface area contributed by atoms with Crippen molar-refractivity contribution in [2.24, 2.45) is 5.41 Å². The number of hydrogen-bond donors (Lipinski definition) is 3. The first-order valence-electron chi connectivity index (χ1n) is 9.23. The fourth-order valence-electron chi connectivity index (χ4n) is 3.56. The Morgan fingerprint density at radius 3 is 2.83 bits per heavy atom. The van der Waals surface area contributed by atoms with Gasteiger partial charge in [-0.05, 0) is 24.3 Å². The Morgan fingerprint density at radius 1 is 1.34 bits per heavy atom. The van der Waals surface area contributed by atoms with Crippen LogP contribution in [0.25, 0.3) is 22.4 Å². The van der Waals surface area contributed by atoms with Gasteiger partial charge in [0.2, 0.25) is 5.65 Å². The van der Waals surface area contributed by atoms with Crippen molar-refractivity contribution in [1.82, 2.24) is 25.5 Å². The number of rotatable bonds is 4. The minimum absolute atomic E-state index is 0.0603. The van der Waals surface area contributed by atoms with Gasteiger partial charge in [0.15, 0.2) is 0 Å². The van der Waals surface area contributed by atoms with E-state index in [-0.39, 0.29) is 5.41 Å². The third-order valence-electron chi connectivity index (χ3n) is 5.43. The van der Waals surface area contributed by atoms with Crippen molar-refractivity contribution >= 4 is 46.3 Å². The molecule has 0 atom stereocenters. The molecular weight excluding hydrogens is 415 g/mol. The summed E-state index contributed by atoms with van der Waals surface area (Å²) in [5.41, 5.74) is 2.48. The number of benzene rings is 1. The van der Waals surface area contributed by atoms with Crippen LogP contribution in [0.1, 0.15) is 19.8 Å². The zero-order valence-electron chi connectivity index (χ0n) is 15.7. The summed E-state index contributed by atoms with van der Waals surface area (Å²) in [4.78, 5) is 22.1. The number of halogens is 2. The SMILES string of the molecule is CC1(CNC(=O)O)CCN(c2cnc3c(-c4cccc(Cl)c4Cl)[nH]nc3n2)CC1. The Balaban J connectivity index is 1.54. The summed E-state index contributed by atoms with van der Waals surface area (Å²) in [6.45, 7) is 4.10. The van der Waals surface area contributed by atoms with Crippen LogP contribution in [0, 0.1) is 5.41 Å². The molecule has 0 unspecified atom stereocenters. The molecule has 1 amide bonds. The molecule has 4 rings (SSSR count). The Morgan fingerprint density at radius 2 is 2.10 bits per heavy atom. The third kappa shape index (κ3) is 3.95. The minimum Gasteiger partial charge on any atom is -0.465 e. The van der Waals surface area contributed by atoms with Crippen molar-refractivity contribution in [3.63, 3.8) is 0 Å². The van der Waals surface area contributed by atoms with Crippen LogP contribution < -0.4 is 10.2 Å². The topological polar surface area (TPSA) is 107 Å². The summed E-state index contributed by atoms with van der Waals surface area (Å²) < 4.78 is 0. The van der Waals surface area contributed by atoms with Crippen molar-refractivity contribution < 1.29 is 9.90 Å². The number of aromatic nitrogens is 4. The van der Waals surface area contributed by atoms with E-state index in [1.54, 1.807) is 12.3 Å². The maximum atomic E-state index is 10.8. The van der Waals surface area contributed by atoms with Crippen molar-refractivity contribution in [1.29, 1.82) is 0 Å². The van der Waals surface area contributed by atoms with Crippen LogP contribution >= 0.6 is 23.2 Å². The number of nitrogens with zero attached hydrogens (tertiary/aromatic N) is 4. The Labute approximate surface area is 177 Å². The maximum Gasteiger partial charge on any atom is 0.404 e. The molecule has 10 heteroatoms. The first kappa shape index (κ1) is 19.7. The summed E-state index contributed by atoms with van der Waals surface area (Å²) in [7, 11) is 0. The monoisotopic (exact) mass is 434 g/mol. The second kappa shape index (κ2) is 7.68. The van der Waals surface area contributed by atoms with Crippen molar-refractivity contribution in [3.05, 3.63) is 34.4 Å². The Kier molecular flexibility index (Phi) is 5.23. The number of fused-ring (bicyclic) bond motifs is 1. The summed E-state index contributed by atoms with van der Waals surface area (Å²) in [5, 5.41) is 19.5. The smallest absolute Gasteiger partial charge is 0.404 e. The lowest BCUT2D eigenvalue weighted by Gasteiger charge is -2.39. The third-order valence-corrected chi connectivity index (χ3v) is 6.25.